The highest BCUT2D eigenvalue weighted by molar-refractivity contribution is 7.83. The van der Waals surface area contributed by atoms with E-state index in [4.69, 9.17) is 0 Å². The van der Waals surface area contributed by atoms with Gasteiger partial charge in [0.15, 0.2) is 5.78 Å². The molecule has 0 aliphatic heterocycles. The summed E-state index contributed by atoms with van der Waals surface area (Å²) in [6.07, 6.45) is 7.41. The zero-order valence-electron chi connectivity index (χ0n) is 28.5. The van der Waals surface area contributed by atoms with Crippen LogP contribution >= 0.6 is 61.1 Å². The average molecular weight is 800 g/mol. The summed E-state index contributed by atoms with van der Waals surface area (Å²) in [6.45, 7) is 2.24. The molecule has 0 unspecified atom stereocenters. The second-order valence-corrected chi connectivity index (χ2v) is 16.4. The molecule has 0 spiro atoms. The van der Waals surface area contributed by atoms with Crippen molar-refractivity contribution < 1.29 is 14.5 Å². The molecule has 3 aromatic rings. The Morgan fingerprint density at radius 2 is 1.35 bits per heavy atom. The number of carbonyl (C=O) groups excluding carboxylic acids is 1. The van der Waals surface area contributed by atoms with Crippen LogP contribution in [0.4, 0.5) is 5.69 Å². The summed E-state index contributed by atoms with van der Waals surface area (Å²) in [6, 6.07) is 27.9. The molecule has 0 aromatic heterocycles. The molecule has 0 bridgehead atoms. The lowest BCUT2D eigenvalue weighted by Gasteiger charge is -2.53. The first-order chi connectivity index (χ1) is 21.6. The van der Waals surface area contributed by atoms with Gasteiger partial charge in [-0.3, -0.25) is 9.36 Å². The largest absolute Gasteiger partial charge is 0.378 e. The van der Waals surface area contributed by atoms with Crippen LogP contribution in [0.3, 0.4) is 0 Å². The van der Waals surface area contributed by atoms with Crippen LogP contribution in [-0.2, 0) is 9.36 Å². The quantitative estimate of drug-likeness (QED) is 0.211. The van der Waals surface area contributed by atoms with E-state index in [1.807, 2.05) is 66.7 Å². The highest BCUT2D eigenvalue weighted by atomic mass is 32.1. The van der Waals surface area contributed by atoms with Crippen molar-refractivity contribution in [2.75, 3.05) is 19.0 Å². The van der Waals surface area contributed by atoms with E-state index in [-0.39, 0.29) is 93.9 Å². The minimum absolute atomic E-state index is 0. The number of nitrogens with zero attached hydrogens (tertiary/aromatic N) is 1. The van der Waals surface area contributed by atoms with Crippen LogP contribution in [0.2, 0.25) is 0 Å². The van der Waals surface area contributed by atoms with Gasteiger partial charge in [0.1, 0.15) is 5.60 Å². The van der Waals surface area contributed by atoms with Gasteiger partial charge in [0.2, 0.25) is 7.14 Å². The van der Waals surface area contributed by atoms with E-state index < -0.39 is 18.2 Å². The van der Waals surface area contributed by atoms with Crippen LogP contribution in [0.1, 0.15) is 85.6 Å². The Kier molecular flexibility index (Phi) is 18.5. The Labute approximate surface area is 342 Å². The minimum atomic E-state index is -3.31. The van der Waals surface area contributed by atoms with Gasteiger partial charge in [-0.2, -0.15) is 54.0 Å². The van der Waals surface area contributed by atoms with Crippen molar-refractivity contribution in [3.8, 4) is 11.6 Å². The fourth-order valence-electron chi connectivity index (χ4n) is 8.90. The lowest BCUT2D eigenvalue weighted by Crippen LogP contribution is -2.51. The molecule has 4 aliphatic carbocycles. The second-order valence-electron chi connectivity index (χ2n) is 13.9. The lowest BCUT2D eigenvalue weighted by atomic mass is 9.51. The molecule has 0 saturated heterocycles. The monoisotopic (exact) mass is 799 g/mol. The number of ketones is 1. The zero-order chi connectivity index (χ0) is 31.4. The average Bonchev–Trinajstić information content (AvgIpc) is 3.33. The van der Waals surface area contributed by atoms with Crippen LogP contribution in [0.25, 0.3) is 0 Å². The van der Waals surface area contributed by atoms with Crippen molar-refractivity contribution in [1.29, 1.82) is 0 Å². The van der Waals surface area contributed by atoms with Crippen LogP contribution in [0, 0.1) is 28.8 Å². The van der Waals surface area contributed by atoms with Gasteiger partial charge in [0, 0.05) is 48.1 Å². The number of anilines is 1. The van der Waals surface area contributed by atoms with Crippen LogP contribution < -0.4 is 15.5 Å². The van der Waals surface area contributed by atoms with Gasteiger partial charge in [-0.05, 0) is 90.9 Å². The topological polar surface area (TPSA) is 57.6 Å². The van der Waals surface area contributed by atoms with Crippen molar-refractivity contribution >= 4 is 83.2 Å². The minimum Gasteiger partial charge on any atom is -0.378 e. The van der Waals surface area contributed by atoms with Gasteiger partial charge in [-0.25, -0.2) is 0 Å². The van der Waals surface area contributed by atoms with Crippen molar-refractivity contribution in [3.05, 3.63) is 113 Å². The summed E-state index contributed by atoms with van der Waals surface area (Å²) >= 11 is 0. The standard InChI is InChI=1S/C40H42NO3P.3CH4.4H2S/c1-39-27-36(28-14-17-30(18-15-28)41(2)3)38-34-21-19-31(42)26-29(34)16-20-35(38)37(39)22-23-40(39,43)24-25-45(44,32-10-6-4-7-11-32)33-12-8-5-9-13-33;;;;;;;/h4-15,17-18,26,35-37,43H,16,19-23,27H2,1-3H3;3*1H4;4*1H2/t35-,36+,37-,39-,40+;;;;;;;/m0......./s1. The van der Waals surface area contributed by atoms with E-state index in [9.17, 15) is 14.5 Å². The van der Waals surface area contributed by atoms with Crippen molar-refractivity contribution in [3.63, 3.8) is 0 Å². The number of benzene rings is 3. The maximum absolute atomic E-state index is 14.8. The summed E-state index contributed by atoms with van der Waals surface area (Å²) in [5.41, 5.74) is 8.04. The van der Waals surface area contributed by atoms with Crippen molar-refractivity contribution in [2.45, 2.75) is 85.7 Å². The molecule has 0 heterocycles. The van der Waals surface area contributed by atoms with E-state index in [2.05, 4.69) is 61.8 Å². The SMILES string of the molecule is C.C.C.CN(C)c1ccc([C@H]2C[C@@]3(C)[C@@H](CC[C@@]3(O)C#CP(=O)(c3ccccc3)c3ccccc3)[C@@H]3CCC4=CC(=O)CCC4=C32)cc1.S.S.S.S. The first kappa shape index (κ1) is 49.8. The van der Waals surface area contributed by atoms with E-state index >= 15 is 0 Å². The van der Waals surface area contributed by atoms with Crippen LogP contribution in [0.5, 0.6) is 0 Å². The van der Waals surface area contributed by atoms with Gasteiger partial charge in [-0.15, -0.1) is 0 Å². The third kappa shape index (κ3) is 8.51. The molecular weight excluding hydrogens is 738 g/mol. The Bertz CT molecular complexity index is 1770. The number of hydrogen-bond donors (Lipinski definition) is 1. The molecule has 52 heavy (non-hydrogen) atoms. The number of carbonyl (C=O) groups is 1. The van der Waals surface area contributed by atoms with Gasteiger partial charge in [0.05, 0.1) is 0 Å². The van der Waals surface area contributed by atoms with Gasteiger partial charge < -0.3 is 10.0 Å². The molecule has 2 fully saturated rings. The molecule has 4 nitrogen and oxygen atoms in total. The maximum atomic E-state index is 14.8. The molecule has 5 atom stereocenters. The van der Waals surface area contributed by atoms with E-state index in [1.165, 1.54) is 22.3 Å². The molecule has 4 aliphatic rings. The summed E-state index contributed by atoms with van der Waals surface area (Å²) in [4.78, 5) is 14.5. The molecule has 0 radical (unpaired) electrons. The van der Waals surface area contributed by atoms with Crippen molar-refractivity contribution in [1.82, 2.24) is 0 Å². The number of allylic oxidation sites excluding steroid dienone is 4. The first-order valence-corrected chi connectivity index (χ1v) is 18.1. The highest BCUT2D eigenvalue weighted by Gasteiger charge is 2.62. The number of rotatable bonds is 4. The maximum Gasteiger partial charge on any atom is 0.210 e. The lowest BCUT2D eigenvalue weighted by molar-refractivity contribution is -0.114. The van der Waals surface area contributed by atoms with Crippen LogP contribution in [-0.4, -0.2) is 30.6 Å². The number of fused-ring (bicyclic) bond motifs is 4. The molecule has 7 rings (SSSR count). The fraction of sp³-hybridized carbons (Fsp3) is 0.419. The Hall–Kier alpha value is -2.24. The zero-order valence-corrected chi connectivity index (χ0v) is 33.4. The number of hydrogen-bond acceptors (Lipinski definition) is 4. The van der Waals surface area contributed by atoms with E-state index in [0.717, 1.165) is 37.8 Å². The second kappa shape index (κ2) is 19.4. The molecule has 3 aromatic carbocycles. The summed E-state index contributed by atoms with van der Waals surface area (Å²) in [5.74, 6) is 4.32. The first-order valence-electron chi connectivity index (χ1n) is 16.3. The third-order valence-electron chi connectivity index (χ3n) is 11.4. The van der Waals surface area contributed by atoms with Crippen molar-refractivity contribution in [2.24, 2.45) is 17.3 Å². The normalized spacial score (nSPS) is 25.2. The summed E-state index contributed by atoms with van der Waals surface area (Å²) in [5, 5.41) is 14.1. The summed E-state index contributed by atoms with van der Waals surface area (Å²) < 4.78 is 14.8. The van der Waals surface area contributed by atoms with Crippen LogP contribution in [0.15, 0.2) is 108 Å². The smallest absolute Gasteiger partial charge is 0.210 e. The van der Waals surface area contributed by atoms with Gasteiger partial charge in [0.25, 0.3) is 0 Å². The Morgan fingerprint density at radius 3 is 1.88 bits per heavy atom. The van der Waals surface area contributed by atoms with E-state index in [1.54, 1.807) is 0 Å². The number of aliphatic hydroxyl groups is 1. The summed E-state index contributed by atoms with van der Waals surface area (Å²) in [7, 11) is 0.798. The predicted octanol–water partition coefficient (Wildman–Crippen LogP) is 9.72. The Balaban J connectivity index is 0.00000372. The van der Waals surface area contributed by atoms with Gasteiger partial charge in [-0.1, -0.05) is 113 Å². The molecule has 1 N–H and O–H groups in total. The molecule has 2 saturated carbocycles. The molecular formula is C43H62NO3PS4. The Morgan fingerprint density at radius 1 is 0.788 bits per heavy atom. The van der Waals surface area contributed by atoms with Gasteiger partial charge >= 0.3 is 0 Å². The fourth-order valence-corrected chi connectivity index (χ4v) is 11.0. The molecule has 286 valence electrons. The molecule has 9 heteroatoms. The highest BCUT2D eigenvalue weighted by Crippen LogP contribution is 2.67. The third-order valence-corrected chi connectivity index (χ3v) is 13.8. The van der Waals surface area contributed by atoms with E-state index in [0.29, 0.717) is 29.4 Å². The molecule has 0 amide bonds. The predicted molar refractivity (Wildman–Crippen MR) is 245 cm³/mol.